The lowest BCUT2D eigenvalue weighted by Crippen LogP contribution is -2.21. The molecule has 2 heteroatoms. The van der Waals surface area contributed by atoms with Crippen LogP contribution in [0.25, 0.3) is 0 Å². The van der Waals surface area contributed by atoms with E-state index in [1.807, 2.05) is 12.1 Å². The van der Waals surface area contributed by atoms with Gasteiger partial charge in [0.1, 0.15) is 5.75 Å². The van der Waals surface area contributed by atoms with Crippen molar-refractivity contribution in [2.75, 3.05) is 6.61 Å². The minimum atomic E-state index is -0.00567. The third kappa shape index (κ3) is 2.96. The molecule has 1 aliphatic heterocycles. The van der Waals surface area contributed by atoms with Gasteiger partial charge >= 0.3 is 0 Å². The first-order chi connectivity index (χ1) is 10.3. The van der Waals surface area contributed by atoms with Crippen molar-refractivity contribution in [2.24, 2.45) is 5.73 Å². The molecule has 2 nitrogen and oxygen atoms in total. The molecular formula is C19H23NO. The second-order valence-electron chi connectivity index (χ2n) is 5.83. The summed E-state index contributed by atoms with van der Waals surface area (Å²) in [6, 6.07) is 17.0. The van der Waals surface area contributed by atoms with Crippen LogP contribution in [0.5, 0.6) is 5.75 Å². The van der Waals surface area contributed by atoms with Gasteiger partial charge in [-0.15, -0.1) is 0 Å². The third-order valence-electron chi connectivity index (χ3n) is 4.35. The maximum Gasteiger partial charge on any atom is 0.122 e. The van der Waals surface area contributed by atoms with Gasteiger partial charge in [0, 0.05) is 17.5 Å². The predicted octanol–water partition coefficient (Wildman–Crippen LogP) is 4.21. The predicted molar refractivity (Wildman–Crippen MR) is 86.7 cm³/mol. The molecule has 2 N–H and O–H groups in total. The molecule has 2 aromatic carbocycles. The summed E-state index contributed by atoms with van der Waals surface area (Å²) in [6.07, 6.45) is 3.63. The summed E-state index contributed by atoms with van der Waals surface area (Å²) in [5, 5.41) is 0. The van der Waals surface area contributed by atoms with Crippen LogP contribution < -0.4 is 10.5 Å². The zero-order chi connectivity index (χ0) is 14.7. The van der Waals surface area contributed by atoms with Crippen LogP contribution in [0, 0.1) is 0 Å². The first-order valence-electron chi connectivity index (χ1n) is 7.85. The molecule has 1 heterocycles. The van der Waals surface area contributed by atoms with Gasteiger partial charge in [-0.25, -0.2) is 0 Å². The van der Waals surface area contributed by atoms with Gasteiger partial charge in [0.15, 0.2) is 0 Å². The topological polar surface area (TPSA) is 35.2 Å². The highest BCUT2D eigenvalue weighted by Crippen LogP contribution is 2.39. The van der Waals surface area contributed by atoms with E-state index in [0.717, 1.165) is 12.2 Å². The number of hydrogen-bond donors (Lipinski definition) is 1. The van der Waals surface area contributed by atoms with Gasteiger partial charge in [-0.05, 0) is 30.0 Å². The van der Waals surface area contributed by atoms with Gasteiger partial charge < -0.3 is 10.5 Å². The molecule has 0 fully saturated rings. The molecule has 110 valence electrons. The standard InChI is InChI=1S/C19H23NO/c1-2-3-6-14-9-11-15(12-10-14)19(20)17-13-21-18-8-5-4-7-16(17)18/h4-5,7-12,17,19H,2-3,6,13,20H2,1H3. The Morgan fingerprint density at radius 1 is 1.14 bits per heavy atom. The van der Waals surface area contributed by atoms with Gasteiger partial charge in [-0.1, -0.05) is 55.8 Å². The van der Waals surface area contributed by atoms with E-state index in [-0.39, 0.29) is 12.0 Å². The van der Waals surface area contributed by atoms with E-state index in [1.165, 1.54) is 29.5 Å². The second-order valence-corrected chi connectivity index (χ2v) is 5.83. The molecule has 21 heavy (non-hydrogen) atoms. The number of unbranched alkanes of at least 4 members (excludes halogenated alkanes) is 1. The van der Waals surface area contributed by atoms with Crippen molar-refractivity contribution in [3.63, 3.8) is 0 Å². The van der Waals surface area contributed by atoms with Crippen LogP contribution in [-0.4, -0.2) is 6.61 Å². The molecule has 0 aromatic heterocycles. The largest absolute Gasteiger partial charge is 0.493 e. The summed E-state index contributed by atoms with van der Waals surface area (Å²) >= 11 is 0. The Morgan fingerprint density at radius 2 is 1.90 bits per heavy atom. The van der Waals surface area contributed by atoms with Crippen molar-refractivity contribution in [3.05, 3.63) is 65.2 Å². The fourth-order valence-electron chi connectivity index (χ4n) is 3.00. The summed E-state index contributed by atoms with van der Waals surface area (Å²) in [4.78, 5) is 0. The molecule has 0 aliphatic carbocycles. The first-order valence-corrected chi connectivity index (χ1v) is 7.85. The molecule has 3 rings (SSSR count). The lowest BCUT2D eigenvalue weighted by atomic mass is 9.88. The van der Waals surface area contributed by atoms with Crippen LogP contribution in [-0.2, 0) is 6.42 Å². The molecule has 1 aliphatic rings. The Hall–Kier alpha value is -1.80. The van der Waals surface area contributed by atoms with Crippen molar-refractivity contribution in [1.82, 2.24) is 0 Å². The molecule has 0 radical (unpaired) electrons. The van der Waals surface area contributed by atoms with E-state index in [0.29, 0.717) is 6.61 Å². The maximum atomic E-state index is 6.49. The van der Waals surface area contributed by atoms with Gasteiger partial charge in [0.05, 0.1) is 6.61 Å². The zero-order valence-corrected chi connectivity index (χ0v) is 12.6. The number of benzene rings is 2. The SMILES string of the molecule is CCCCc1ccc(C(N)C2COc3ccccc32)cc1. The van der Waals surface area contributed by atoms with Crippen molar-refractivity contribution >= 4 is 0 Å². The van der Waals surface area contributed by atoms with Gasteiger partial charge in [0.2, 0.25) is 0 Å². The number of rotatable bonds is 5. The molecule has 0 saturated heterocycles. The normalized spacial score (nSPS) is 18.1. The van der Waals surface area contributed by atoms with Crippen LogP contribution in [0.1, 0.15) is 48.4 Å². The van der Waals surface area contributed by atoms with E-state index in [4.69, 9.17) is 10.5 Å². The van der Waals surface area contributed by atoms with Crippen LogP contribution in [0.3, 0.4) is 0 Å². The van der Waals surface area contributed by atoms with Crippen molar-refractivity contribution < 1.29 is 4.74 Å². The highest BCUT2D eigenvalue weighted by atomic mass is 16.5. The minimum Gasteiger partial charge on any atom is -0.493 e. The molecule has 0 spiro atoms. The molecule has 0 amide bonds. The highest BCUT2D eigenvalue weighted by molar-refractivity contribution is 5.42. The fraction of sp³-hybridized carbons (Fsp3) is 0.368. The molecule has 0 saturated carbocycles. The molecule has 2 unspecified atom stereocenters. The quantitative estimate of drug-likeness (QED) is 0.891. The number of nitrogens with two attached hydrogens (primary N) is 1. The van der Waals surface area contributed by atoms with E-state index in [9.17, 15) is 0 Å². The average Bonchev–Trinajstić information content (AvgIpc) is 2.97. The molecule has 2 aromatic rings. The first kappa shape index (κ1) is 14.2. The Morgan fingerprint density at radius 3 is 2.67 bits per heavy atom. The number of para-hydroxylation sites is 1. The van der Waals surface area contributed by atoms with Gasteiger partial charge in [0.25, 0.3) is 0 Å². The Balaban J connectivity index is 1.75. The lowest BCUT2D eigenvalue weighted by molar-refractivity contribution is 0.315. The van der Waals surface area contributed by atoms with Crippen LogP contribution in [0.4, 0.5) is 0 Å². The summed E-state index contributed by atoms with van der Waals surface area (Å²) in [7, 11) is 0. The van der Waals surface area contributed by atoms with Crippen LogP contribution in [0.2, 0.25) is 0 Å². The van der Waals surface area contributed by atoms with Crippen LogP contribution >= 0.6 is 0 Å². The highest BCUT2D eigenvalue weighted by Gasteiger charge is 2.29. The minimum absolute atomic E-state index is 0.00567. The van der Waals surface area contributed by atoms with E-state index < -0.39 is 0 Å². The Labute approximate surface area is 126 Å². The van der Waals surface area contributed by atoms with Crippen molar-refractivity contribution in [1.29, 1.82) is 0 Å². The monoisotopic (exact) mass is 281 g/mol. The van der Waals surface area contributed by atoms with E-state index >= 15 is 0 Å². The van der Waals surface area contributed by atoms with Crippen LogP contribution in [0.15, 0.2) is 48.5 Å². The molecular weight excluding hydrogens is 258 g/mol. The number of fused-ring (bicyclic) bond motifs is 1. The van der Waals surface area contributed by atoms with Gasteiger partial charge in [-0.2, -0.15) is 0 Å². The average molecular weight is 281 g/mol. The summed E-state index contributed by atoms with van der Waals surface area (Å²) in [5.41, 5.74) is 10.3. The summed E-state index contributed by atoms with van der Waals surface area (Å²) in [6.45, 7) is 2.90. The Kier molecular flexibility index (Phi) is 4.26. The number of ether oxygens (including phenoxy) is 1. The molecule has 2 atom stereocenters. The summed E-state index contributed by atoms with van der Waals surface area (Å²) in [5.74, 6) is 1.24. The third-order valence-corrected chi connectivity index (χ3v) is 4.35. The van der Waals surface area contributed by atoms with Gasteiger partial charge in [-0.3, -0.25) is 0 Å². The maximum absolute atomic E-state index is 6.49. The fourth-order valence-corrected chi connectivity index (χ4v) is 3.00. The lowest BCUT2D eigenvalue weighted by Gasteiger charge is -2.19. The molecule has 0 bridgehead atoms. The van der Waals surface area contributed by atoms with Crippen molar-refractivity contribution in [2.45, 2.75) is 38.1 Å². The van der Waals surface area contributed by atoms with E-state index in [1.54, 1.807) is 0 Å². The summed E-state index contributed by atoms with van der Waals surface area (Å²) < 4.78 is 5.75. The van der Waals surface area contributed by atoms with E-state index in [2.05, 4.69) is 43.3 Å². The number of aryl methyl sites for hydroxylation is 1. The number of hydrogen-bond acceptors (Lipinski definition) is 2. The Bertz CT molecular complexity index is 591. The van der Waals surface area contributed by atoms with Crippen molar-refractivity contribution in [3.8, 4) is 5.75 Å². The zero-order valence-electron chi connectivity index (χ0n) is 12.6. The second kappa shape index (κ2) is 6.31. The smallest absolute Gasteiger partial charge is 0.122 e.